The van der Waals surface area contributed by atoms with E-state index in [0.29, 0.717) is 6.42 Å². The highest BCUT2D eigenvalue weighted by Crippen LogP contribution is 2.33. The van der Waals surface area contributed by atoms with Crippen molar-refractivity contribution in [3.8, 4) is 12.1 Å². The van der Waals surface area contributed by atoms with Crippen LogP contribution in [0, 0.1) is 28.1 Å². The van der Waals surface area contributed by atoms with Gasteiger partial charge in [0, 0.05) is 6.42 Å². The second-order valence-corrected chi connectivity index (χ2v) is 4.25. The molecule has 18 heavy (non-hydrogen) atoms. The zero-order valence-corrected chi connectivity index (χ0v) is 9.74. The normalized spacial score (nSPS) is 18.3. The molecule has 3 heteroatoms. The molecule has 0 amide bonds. The van der Waals surface area contributed by atoms with E-state index >= 15 is 0 Å². The summed E-state index contributed by atoms with van der Waals surface area (Å²) in [6.45, 7) is 0. The molecule has 88 valence electrons. The van der Waals surface area contributed by atoms with Gasteiger partial charge in [-0.05, 0) is 17.2 Å². The van der Waals surface area contributed by atoms with Gasteiger partial charge in [-0.3, -0.25) is 0 Å². The van der Waals surface area contributed by atoms with E-state index in [1.807, 2.05) is 42.5 Å². The lowest BCUT2D eigenvalue weighted by molar-refractivity contribution is 0.218. The maximum atomic E-state index is 10.2. The van der Waals surface area contributed by atoms with Crippen LogP contribution in [0.15, 0.2) is 54.1 Å². The van der Waals surface area contributed by atoms with Crippen molar-refractivity contribution in [2.45, 2.75) is 12.5 Å². The largest absolute Gasteiger partial charge is 0.384 e. The van der Waals surface area contributed by atoms with Crippen molar-refractivity contribution >= 4 is 0 Å². The van der Waals surface area contributed by atoms with Gasteiger partial charge in [0.2, 0.25) is 0 Å². The van der Waals surface area contributed by atoms with Crippen LogP contribution < -0.4 is 0 Å². The van der Waals surface area contributed by atoms with E-state index in [1.165, 1.54) is 0 Å². The van der Waals surface area contributed by atoms with E-state index in [9.17, 15) is 5.11 Å². The standard InChI is InChI=1S/C15H12N2O/c16-10-15(11-17)8-6-13(7-9-15)14(18)12-4-2-1-3-5-12/h1-8,14,18H,9H2. The molecule has 1 aliphatic rings. The molecule has 0 aliphatic heterocycles. The summed E-state index contributed by atoms with van der Waals surface area (Å²) in [6.07, 6.45) is 4.58. The number of aliphatic hydroxyl groups excluding tert-OH is 1. The van der Waals surface area contributed by atoms with Crippen LogP contribution in [0.3, 0.4) is 0 Å². The highest BCUT2D eigenvalue weighted by atomic mass is 16.3. The molecular formula is C15H12N2O. The Morgan fingerprint density at radius 2 is 1.83 bits per heavy atom. The van der Waals surface area contributed by atoms with Gasteiger partial charge in [-0.25, -0.2) is 0 Å². The first kappa shape index (κ1) is 12.1. The summed E-state index contributed by atoms with van der Waals surface area (Å²) >= 11 is 0. The van der Waals surface area contributed by atoms with Crippen molar-refractivity contribution in [2.75, 3.05) is 0 Å². The topological polar surface area (TPSA) is 67.8 Å². The number of hydrogen-bond donors (Lipinski definition) is 1. The zero-order chi connectivity index (χ0) is 13.0. The maximum absolute atomic E-state index is 10.2. The molecule has 0 radical (unpaired) electrons. The van der Waals surface area contributed by atoms with Crippen molar-refractivity contribution in [1.82, 2.24) is 0 Å². The van der Waals surface area contributed by atoms with Crippen LogP contribution in [0.5, 0.6) is 0 Å². The average molecular weight is 236 g/mol. The minimum atomic E-state index is -1.08. The molecule has 3 nitrogen and oxygen atoms in total. The Kier molecular flexibility index (Phi) is 3.28. The molecule has 1 atom stereocenters. The van der Waals surface area contributed by atoms with Crippen molar-refractivity contribution in [3.05, 3.63) is 59.7 Å². The SMILES string of the molecule is N#CC1(C#N)C=CC(C(O)c2ccccc2)=CC1. The summed E-state index contributed by atoms with van der Waals surface area (Å²) in [5, 5.41) is 28.1. The van der Waals surface area contributed by atoms with Crippen LogP contribution >= 0.6 is 0 Å². The van der Waals surface area contributed by atoms with Crippen LogP contribution in [0.4, 0.5) is 0 Å². The molecule has 1 unspecified atom stereocenters. The Bertz CT molecular complexity index is 559. The molecule has 0 fully saturated rings. The van der Waals surface area contributed by atoms with E-state index in [4.69, 9.17) is 10.5 Å². The fourth-order valence-corrected chi connectivity index (χ4v) is 1.87. The van der Waals surface area contributed by atoms with Gasteiger partial charge in [0.1, 0.15) is 6.10 Å². The monoisotopic (exact) mass is 236 g/mol. The van der Waals surface area contributed by atoms with Gasteiger partial charge in [0.15, 0.2) is 5.41 Å². The van der Waals surface area contributed by atoms with Crippen LogP contribution in [-0.4, -0.2) is 5.11 Å². The minimum absolute atomic E-state index is 0.315. The molecule has 0 spiro atoms. The smallest absolute Gasteiger partial charge is 0.165 e. The summed E-state index contributed by atoms with van der Waals surface area (Å²) in [5.41, 5.74) is 0.442. The Hall–Kier alpha value is -2.36. The summed E-state index contributed by atoms with van der Waals surface area (Å²) in [4.78, 5) is 0. The number of benzene rings is 1. The molecule has 0 bridgehead atoms. The summed E-state index contributed by atoms with van der Waals surface area (Å²) < 4.78 is 0. The molecule has 1 aromatic rings. The molecular weight excluding hydrogens is 224 g/mol. The highest BCUT2D eigenvalue weighted by Gasteiger charge is 2.29. The van der Waals surface area contributed by atoms with Crippen LogP contribution in [0.2, 0.25) is 0 Å². The quantitative estimate of drug-likeness (QED) is 0.858. The van der Waals surface area contributed by atoms with E-state index in [-0.39, 0.29) is 0 Å². The summed E-state index contributed by atoms with van der Waals surface area (Å²) in [6, 6.07) is 13.3. The summed E-state index contributed by atoms with van der Waals surface area (Å²) in [7, 11) is 0. The third kappa shape index (κ3) is 2.18. The first-order valence-electron chi connectivity index (χ1n) is 5.65. The predicted molar refractivity (Wildman–Crippen MR) is 66.9 cm³/mol. The van der Waals surface area contributed by atoms with Crippen molar-refractivity contribution in [1.29, 1.82) is 10.5 Å². The predicted octanol–water partition coefficient (Wildman–Crippen LogP) is 2.64. The molecule has 0 aromatic heterocycles. The first-order chi connectivity index (χ1) is 8.71. The molecule has 1 N–H and O–H groups in total. The second kappa shape index (κ2) is 4.87. The average Bonchev–Trinajstić information content (AvgIpc) is 2.47. The van der Waals surface area contributed by atoms with Gasteiger partial charge in [0.05, 0.1) is 12.1 Å². The van der Waals surface area contributed by atoms with E-state index < -0.39 is 11.5 Å². The molecule has 1 aromatic carbocycles. The van der Waals surface area contributed by atoms with Crippen molar-refractivity contribution in [2.24, 2.45) is 5.41 Å². The third-order valence-corrected chi connectivity index (χ3v) is 3.05. The van der Waals surface area contributed by atoms with Gasteiger partial charge in [-0.1, -0.05) is 42.5 Å². The van der Waals surface area contributed by atoms with Crippen LogP contribution in [0.25, 0.3) is 0 Å². The van der Waals surface area contributed by atoms with Gasteiger partial charge in [-0.15, -0.1) is 0 Å². The van der Waals surface area contributed by atoms with Crippen LogP contribution in [0.1, 0.15) is 18.1 Å². The van der Waals surface area contributed by atoms with Crippen LogP contribution in [-0.2, 0) is 0 Å². The fourth-order valence-electron chi connectivity index (χ4n) is 1.87. The fraction of sp³-hybridized carbons (Fsp3) is 0.200. The Morgan fingerprint density at radius 3 is 2.33 bits per heavy atom. The lowest BCUT2D eigenvalue weighted by Gasteiger charge is -2.20. The second-order valence-electron chi connectivity index (χ2n) is 4.25. The first-order valence-corrected chi connectivity index (χ1v) is 5.65. The van der Waals surface area contributed by atoms with Crippen molar-refractivity contribution < 1.29 is 5.11 Å². The highest BCUT2D eigenvalue weighted by molar-refractivity contribution is 5.40. The summed E-state index contributed by atoms with van der Waals surface area (Å²) in [5.74, 6) is 0. The molecule has 1 aliphatic carbocycles. The van der Waals surface area contributed by atoms with E-state index in [2.05, 4.69) is 0 Å². The third-order valence-electron chi connectivity index (χ3n) is 3.05. The van der Waals surface area contributed by atoms with Gasteiger partial charge in [0.25, 0.3) is 0 Å². The molecule has 0 heterocycles. The lowest BCUT2D eigenvalue weighted by Crippen LogP contribution is -2.15. The minimum Gasteiger partial charge on any atom is -0.384 e. The van der Waals surface area contributed by atoms with Gasteiger partial charge < -0.3 is 5.11 Å². The van der Waals surface area contributed by atoms with E-state index in [0.717, 1.165) is 11.1 Å². The van der Waals surface area contributed by atoms with Crippen molar-refractivity contribution in [3.63, 3.8) is 0 Å². The Labute approximate surface area is 106 Å². The molecule has 0 saturated carbocycles. The number of nitriles is 2. The maximum Gasteiger partial charge on any atom is 0.165 e. The number of allylic oxidation sites excluding steroid dienone is 2. The Morgan fingerprint density at radius 1 is 1.17 bits per heavy atom. The van der Waals surface area contributed by atoms with Gasteiger partial charge in [-0.2, -0.15) is 10.5 Å². The zero-order valence-electron chi connectivity index (χ0n) is 9.74. The number of rotatable bonds is 2. The van der Waals surface area contributed by atoms with E-state index in [1.54, 1.807) is 18.2 Å². The number of nitrogens with zero attached hydrogens (tertiary/aromatic N) is 2. The molecule has 0 saturated heterocycles. The Balaban J connectivity index is 2.21. The van der Waals surface area contributed by atoms with Gasteiger partial charge >= 0.3 is 0 Å². The number of hydrogen-bond acceptors (Lipinski definition) is 3. The lowest BCUT2D eigenvalue weighted by atomic mass is 9.81. The molecule has 2 rings (SSSR count). The number of aliphatic hydroxyl groups is 1.